The maximum absolute atomic E-state index is 10.7. The Balaban J connectivity index is 2.05. The van der Waals surface area contributed by atoms with Crippen molar-refractivity contribution in [3.63, 3.8) is 0 Å². The summed E-state index contributed by atoms with van der Waals surface area (Å²) in [5.41, 5.74) is 4.25. The number of H-pyrrole nitrogens is 1. The van der Waals surface area contributed by atoms with E-state index < -0.39 is 6.10 Å². The van der Waals surface area contributed by atoms with Crippen molar-refractivity contribution in [3.05, 3.63) is 77.6 Å². The lowest BCUT2D eigenvalue weighted by molar-refractivity contribution is 0.131. The van der Waals surface area contributed by atoms with Gasteiger partial charge in [0.1, 0.15) is 11.8 Å². The molecular weight excluding hydrogens is 288 g/mol. The molecule has 1 heterocycles. The zero-order chi connectivity index (χ0) is 16.1. The molecule has 0 radical (unpaired) electrons. The highest BCUT2D eigenvalue weighted by molar-refractivity contribution is 5.69. The number of benzene rings is 2. The van der Waals surface area contributed by atoms with Gasteiger partial charge in [0.05, 0.1) is 12.3 Å². The first kappa shape index (κ1) is 15.5. The minimum Gasteiger partial charge on any atom is -0.382 e. The lowest BCUT2D eigenvalue weighted by Crippen LogP contribution is -2.02. The minimum atomic E-state index is -0.780. The van der Waals surface area contributed by atoms with Crippen molar-refractivity contribution in [3.8, 4) is 11.1 Å². The number of hydrogen-bond donors (Lipinski definition) is 2. The summed E-state index contributed by atoms with van der Waals surface area (Å²) in [5, 5.41) is 18.1. The number of aromatic amines is 1. The first-order chi connectivity index (χ1) is 11.3. The van der Waals surface area contributed by atoms with Gasteiger partial charge in [-0.2, -0.15) is 5.10 Å². The van der Waals surface area contributed by atoms with E-state index in [4.69, 9.17) is 4.74 Å². The van der Waals surface area contributed by atoms with Gasteiger partial charge in [-0.3, -0.25) is 5.10 Å². The minimum absolute atomic E-state index is 0.440. The molecule has 1 atom stereocenters. The number of rotatable bonds is 6. The van der Waals surface area contributed by atoms with Crippen LogP contribution in [0.2, 0.25) is 0 Å². The Labute approximate surface area is 135 Å². The third kappa shape index (κ3) is 3.33. The molecule has 0 amide bonds. The molecule has 1 unspecified atom stereocenters. The van der Waals surface area contributed by atoms with Crippen LogP contribution in [0.1, 0.15) is 30.0 Å². The molecule has 0 fully saturated rings. The van der Waals surface area contributed by atoms with Crippen molar-refractivity contribution in [2.75, 3.05) is 6.61 Å². The lowest BCUT2D eigenvalue weighted by atomic mass is 9.97. The van der Waals surface area contributed by atoms with E-state index in [1.807, 2.05) is 67.6 Å². The number of aromatic nitrogens is 2. The Morgan fingerprint density at radius 2 is 1.70 bits per heavy atom. The second kappa shape index (κ2) is 7.22. The Bertz CT molecular complexity index is 739. The van der Waals surface area contributed by atoms with Crippen molar-refractivity contribution in [2.24, 2.45) is 0 Å². The van der Waals surface area contributed by atoms with Crippen molar-refractivity contribution in [1.29, 1.82) is 0 Å². The Morgan fingerprint density at radius 3 is 2.35 bits per heavy atom. The van der Waals surface area contributed by atoms with Crippen LogP contribution in [-0.4, -0.2) is 21.9 Å². The van der Waals surface area contributed by atoms with Gasteiger partial charge in [-0.05, 0) is 18.1 Å². The Morgan fingerprint density at radius 1 is 1.04 bits per heavy atom. The average Bonchev–Trinajstić information content (AvgIpc) is 3.04. The third-order valence-corrected chi connectivity index (χ3v) is 3.76. The largest absolute Gasteiger partial charge is 0.382 e. The van der Waals surface area contributed by atoms with Gasteiger partial charge in [0.2, 0.25) is 0 Å². The van der Waals surface area contributed by atoms with Crippen LogP contribution in [0.3, 0.4) is 0 Å². The first-order valence-electron chi connectivity index (χ1n) is 7.74. The van der Waals surface area contributed by atoms with E-state index in [9.17, 15) is 5.11 Å². The molecule has 0 bridgehead atoms. The van der Waals surface area contributed by atoms with Crippen LogP contribution in [0, 0.1) is 0 Å². The quantitative estimate of drug-likeness (QED) is 0.730. The smallest absolute Gasteiger partial charge is 0.123 e. The fourth-order valence-corrected chi connectivity index (χ4v) is 2.62. The summed E-state index contributed by atoms with van der Waals surface area (Å²) in [4.78, 5) is 0. The summed E-state index contributed by atoms with van der Waals surface area (Å²) in [6, 6.07) is 19.5. The van der Waals surface area contributed by atoms with Crippen molar-refractivity contribution in [1.82, 2.24) is 10.2 Å². The summed E-state index contributed by atoms with van der Waals surface area (Å²) < 4.78 is 5.53. The monoisotopic (exact) mass is 308 g/mol. The lowest BCUT2D eigenvalue weighted by Gasteiger charge is -2.12. The molecule has 0 aliphatic carbocycles. The molecule has 3 aromatic rings. The number of nitrogens with zero attached hydrogens (tertiary/aromatic N) is 1. The van der Waals surface area contributed by atoms with Crippen molar-refractivity contribution in [2.45, 2.75) is 19.6 Å². The summed E-state index contributed by atoms with van der Waals surface area (Å²) in [6.07, 6.45) is -0.780. The topological polar surface area (TPSA) is 58.1 Å². The van der Waals surface area contributed by atoms with Gasteiger partial charge >= 0.3 is 0 Å². The summed E-state index contributed by atoms with van der Waals surface area (Å²) in [5.74, 6) is 0. The van der Waals surface area contributed by atoms with Crippen LogP contribution in [-0.2, 0) is 11.3 Å². The molecular formula is C19H20N2O2. The van der Waals surface area contributed by atoms with E-state index in [0.29, 0.717) is 18.9 Å². The number of nitrogens with one attached hydrogen (secondary N) is 1. The first-order valence-corrected chi connectivity index (χ1v) is 7.74. The molecule has 4 nitrogen and oxygen atoms in total. The van der Waals surface area contributed by atoms with E-state index >= 15 is 0 Å². The highest BCUT2D eigenvalue weighted by Gasteiger charge is 2.22. The molecule has 3 rings (SSSR count). The van der Waals surface area contributed by atoms with Crippen LogP contribution in [0.4, 0.5) is 0 Å². The highest BCUT2D eigenvalue weighted by atomic mass is 16.5. The predicted molar refractivity (Wildman–Crippen MR) is 89.9 cm³/mol. The maximum atomic E-state index is 10.7. The standard InChI is InChI=1S/C19H20N2O2/c1-2-23-13-16-17(14-9-5-3-6-10-14)18(21-20-16)19(22)15-11-7-4-8-12-15/h3-12,19,22H,2,13H2,1H3,(H,20,21). The number of hydrogen-bond acceptors (Lipinski definition) is 3. The van der Waals surface area contributed by atoms with Crippen LogP contribution < -0.4 is 0 Å². The molecule has 2 N–H and O–H groups in total. The second-order valence-corrected chi connectivity index (χ2v) is 5.28. The van der Waals surface area contributed by atoms with E-state index in [0.717, 1.165) is 22.4 Å². The fraction of sp³-hybridized carbons (Fsp3) is 0.211. The summed E-state index contributed by atoms with van der Waals surface area (Å²) in [7, 11) is 0. The molecule has 4 heteroatoms. The van der Waals surface area contributed by atoms with Crippen molar-refractivity contribution >= 4 is 0 Å². The van der Waals surface area contributed by atoms with Crippen LogP contribution >= 0.6 is 0 Å². The molecule has 0 aliphatic heterocycles. The van der Waals surface area contributed by atoms with E-state index in [2.05, 4.69) is 10.2 Å². The van der Waals surface area contributed by atoms with Gasteiger partial charge in [-0.15, -0.1) is 0 Å². The predicted octanol–water partition coefficient (Wildman–Crippen LogP) is 3.69. The highest BCUT2D eigenvalue weighted by Crippen LogP contribution is 2.33. The zero-order valence-electron chi connectivity index (χ0n) is 13.1. The van der Waals surface area contributed by atoms with Gasteiger partial charge in [0, 0.05) is 12.2 Å². The average molecular weight is 308 g/mol. The van der Waals surface area contributed by atoms with Crippen LogP contribution in [0.5, 0.6) is 0 Å². The van der Waals surface area contributed by atoms with Crippen LogP contribution in [0.15, 0.2) is 60.7 Å². The van der Waals surface area contributed by atoms with Gasteiger partial charge in [-0.25, -0.2) is 0 Å². The van der Waals surface area contributed by atoms with Gasteiger partial charge < -0.3 is 9.84 Å². The van der Waals surface area contributed by atoms with Gasteiger partial charge in [0.25, 0.3) is 0 Å². The molecule has 2 aromatic carbocycles. The molecule has 118 valence electrons. The number of aliphatic hydroxyl groups excluding tert-OH is 1. The molecule has 0 aliphatic rings. The van der Waals surface area contributed by atoms with Gasteiger partial charge in [0.15, 0.2) is 0 Å². The summed E-state index contributed by atoms with van der Waals surface area (Å²) >= 11 is 0. The molecule has 0 spiro atoms. The number of aliphatic hydroxyl groups is 1. The normalized spacial score (nSPS) is 12.3. The van der Waals surface area contributed by atoms with E-state index in [1.165, 1.54) is 0 Å². The van der Waals surface area contributed by atoms with Crippen LogP contribution in [0.25, 0.3) is 11.1 Å². The molecule has 23 heavy (non-hydrogen) atoms. The second-order valence-electron chi connectivity index (χ2n) is 5.28. The van der Waals surface area contributed by atoms with E-state index in [1.54, 1.807) is 0 Å². The Kier molecular flexibility index (Phi) is 4.86. The summed E-state index contributed by atoms with van der Waals surface area (Å²) in [6.45, 7) is 3.03. The molecule has 1 aromatic heterocycles. The fourth-order valence-electron chi connectivity index (χ4n) is 2.62. The Hall–Kier alpha value is -2.43. The van der Waals surface area contributed by atoms with E-state index in [-0.39, 0.29) is 0 Å². The SMILES string of the molecule is CCOCc1[nH]nc(C(O)c2ccccc2)c1-c1ccccc1. The maximum Gasteiger partial charge on any atom is 0.123 e. The zero-order valence-corrected chi connectivity index (χ0v) is 13.1. The van der Waals surface area contributed by atoms with Crippen molar-refractivity contribution < 1.29 is 9.84 Å². The molecule has 0 saturated carbocycles. The number of ether oxygens (including phenoxy) is 1. The van der Waals surface area contributed by atoms with Gasteiger partial charge in [-0.1, -0.05) is 60.7 Å². The molecule has 0 saturated heterocycles. The third-order valence-electron chi connectivity index (χ3n) is 3.76.